The first kappa shape index (κ1) is 15.8. The van der Waals surface area contributed by atoms with Crippen LogP contribution in [0.5, 0.6) is 0 Å². The van der Waals surface area contributed by atoms with Gasteiger partial charge in [0.15, 0.2) is 0 Å². The fraction of sp³-hybridized carbons (Fsp3) is 0.938. The van der Waals surface area contributed by atoms with Crippen molar-refractivity contribution >= 4 is 5.91 Å². The highest BCUT2D eigenvalue weighted by atomic mass is 16.3. The van der Waals surface area contributed by atoms with Crippen molar-refractivity contribution in [1.29, 1.82) is 0 Å². The van der Waals surface area contributed by atoms with Crippen LogP contribution in [0.3, 0.4) is 0 Å². The molecule has 2 N–H and O–H groups in total. The highest BCUT2D eigenvalue weighted by molar-refractivity contribution is 5.83. The van der Waals surface area contributed by atoms with Gasteiger partial charge in [-0.05, 0) is 45.2 Å². The molecule has 1 aliphatic heterocycles. The molecular formula is C16H30N2O2. The van der Waals surface area contributed by atoms with Gasteiger partial charge >= 0.3 is 0 Å². The molecule has 2 unspecified atom stereocenters. The van der Waals surface area contributed by atoms with E-state index in [4.69, 9.17) is 0 Å². The Hall–Kier alpha value is -0.610. The summed E-state index contributed by atoms with van der Waals surface area (Å²) >= 11 is 0. The van der Waals surface area contributed by atoms with Crippen molar-refractivity contribution < 1.29 is 9.90 Å². The Morgan fingerprint density at radius 3 is 2.55 bits per heavy atom. The van der Waals surface area contributed by atoms with E-state index < -0.39 is 0 Å². The molecule has 4 nitrogen and oxygen atoms in total. The fourth-order valence-corrected chi connectivity index (χ4v) is 4.02. The number of carbonyl (C=O) groups is 1. The molecule has 2 atom stereocenters. The molecule has 0 aromatic heterocycles. The van der Waals surface area contributed by atoms with Crippen molar-refractivity contribution in [2.75, 3.05) is 20.1 Å². The Bertz CT molecular complexity index is 321. The maximum absolute atomic E-state index is 13.0. The number of carbonyl (C=O) groups excluding carboxylic acids is 1. The van der Waals surface area contributed by atoms with Gasteiger partial charge in [-0.1, -0.05) is 26.2 Å². The smallest absolute Gasteiger partial charge is 0.228 e. The van der Waals surface area contributed by atoms with E-state index in [0.717, 1.165) is 64.5 Å². The van der Waals surface area contributed by atoms with Gasteiger partial charge in [0, 0.05) is 7.05 Å². The predicted molar refractivity (Wildman–Crippen MR) is 80.5 cm³/mol. The minimum atomic E-state index is -0.335. The van der Waals surface area contributed by atoms with Crippen molar-refractivity contribution in [3.05, 3.63) is 0 Å². The first-order valence-electron chi connectivity index (χ1n) is 8.27. The maximum atomic E-state index is 13.0. The summed E-state index contributed by atoms with van der Waals surface area (Å²) < 4.78 is 0. The van der Waals surface area contributed by atoms with E-state index in [1.165, 1.54) is 0 Å². The lowest BCUT2D eigenvalue weighted by molar-refractivity contribution is -0.148. The van der Waals surface area contributed by atoms with E-state index in [-0.39, 0.29) is 23.5 Å². The molecule has 0 bridgehead atoms. The zero-order valence-electron chi connectivity index (χ0n) is 13.0. The average Bonchev–Trinajstić information content (AvgIpc) is 2.47. The van der Waals surface area contributed by atoms with E-state index >= 15 is 0 Å². The molecule has 116 valence electrons. The standard InChI is InChI=1S/C16H30N2O2/c1-3-8-16(9-11-17-12-10-16)15(20)18(2)13-6-4-5-7-14(13)19/h13-14,17,19H,3-12H2,1-2H3. The molecule has 0 aromatic rings. The van der Waals surface area contributed by atoms with E-state index in [0.29, 0.717) is 0 Å². The fourth-order valence-electron chi connectivity index (χ4n) is 4.02. The lowest BCUT2D eigenvalue weighted by atomic mass is 9.73. The van der Waals surface area contributed by atoms with Gasteiger partial charge in [0.25, 0.3) is 0 Å². The molecule has 1 saturated carbocycles. The van der Waals surface area contributed by atoms with Crippen LogP contribution < -0.4 is 5.32 Å². The second-order valence-electron chi connectivity index (χ2n) is 6.62. The van der Waals surface area contributed by atoms with Crippen LogP contribution in [0.25, 0.3) is 0 Å². The van der Waals surface area contributed by atoms with Crippen molar-refractivity contribution in [2.24, 2.45) is 5.41 Å². The first-order chi connectivity index (χ1) is 9.60. The molecule has 1 heterocycles. The first-order valence-corrected chi connectivity index (χ1v) is 8.27. The van der Waals surface area contributed by atoms with Crippen LogP contribution in [-0.4, -0.2) is 48.2 Å². The Balaban J connectivity index is 2.09. The number of nitrogens with one attached hydrogen (secondary N) is 1. The summed E-state index contributed by atoms with van der Waals surface area (Å²) in [6, 6.07) is 0.0277. The third kappa shape index (κ3) is 3.17. The van der Waals surface area contributed by atoms with E-state index in [9.17, 15) is 9.90 Å². The normalized spacial score (nSPS) is 29.9. The Morgan fingerprint density at radius 2 is 1.95 bits per heavy atom. The number of aliphatic hydroxyl groups is 1. The summed E-state index contributed by atoms with van der Waals surface area (Å²) in [5, 5.41) is 13.6. The van der Waals surface area contributed by atoms with E-state index in [2.05, 4.69) is 12.2 Å². The molecule has 0 spiro atoms. The second-order valence-corrected chi connectivity index (χ2v) is 6.62. The van der Waals surface area contributed by atoms with Crippen molar-refractivity contribution in [1.82, 2.24) is 10.2 Å². The zero-order chi connectivity index (χ0) is 14.6. The third-order valence-corrected chi connectivity index (χ3v) is 5.25. The zero-order valence-corrected chi connectivity index (χ0v) is 13.0. The van der Waals surface area contributed by atoms with Crippen LogP contribution in [0.4, 0.5) is 0 Å². The summed E-state index contributed by atoms with van der Waals surface area (Å²) in [5.74, 6) is 0.270. The van der Waals surface area contributed by atoms with Crippen molar-refractivity contribution in [2.45, 2.75) is 70.4 Å². The van der Waals surface area contributed by atoms with Gasteiger partial charge in [0.2, 0.25) is 5.91 Å². The number of likely N-dealkylation sites (N-methyl/N-ethyl adjacent to an activating group) is 1. The van der Waals surface area contributed by atoms with Crippen LogP contribution in [0.2, 0.25) is 0 Å². The Morgan fingerprint density at radius 1 is 1.30 bits per heavy atom. The lowest BCUT2D eigenvalue weighted by Crippen LogP contribution is -2.54. The monoisotopic (exact) mass is 282 g/mol. The van der Waals surface area contributed by atoms with E-state index in [1.54, 1.807) is 0 Å². The average molecular weight is 282 g/mol. The van der Waals surface area contributed by atoms with Crippen LogP contribution in [0.1, 0.15) is 58.3 Å². The van der Waals surface area contributed by atoms with Gasteiger partial charge in [-0.15, -0.1) is 0 Å². The summed E-state index contributed by atoms with van der Waals surface area (Å²) in [7, 11) is 1.90. The number of amides is 1. The summed E-state index contributed by atoms with van der Waals surface area (Å²) in [6.45, 7) is 4.03. The number of hydrogen-bond donors (Lipinski definition) is 2. The molecular weight excluding hydrogens is 252 g/mol. The highest BCUT2D eigenvalue weighted by Crippen LogP contribution is 2.37. The molecule has 1 saturated heterocycles. The van der Waals surface area contributed by atoms with Crippen LogP contribution >= 0.6 is 0 Å². The van der Waals surface area contributed by atoms with Gasteiger partial charge < -0.3 is 15.3 Å². The van der Waals surface area contributed by atoms with Gasteiger partial charge in [-0.3, -0.25) is 4.79 Å². The predicted octanol–water partition coefficient (Wildman–Crippen LogP) is 1.92. The summed E-state index contributed by atoms with van der Waals surface area (Å²) in [5.41, 5.74) is -0.189. The van der Waals surface area contributed by atoms with Gasteiger partial charge in [-0.2, -0.15) is 0 Å². The van der Waals surface area contributed by atoms with Crippen LogP contribution in [-0.2, 0) is 4.79 Å². The molecule has 20 heavy (non-hydrogen) atoms. The topological polar surface area (TPSA) is 52.6 Å². The number of rotatable bonds is 4. The molecule has 0 aromatic carbocycles. The molecule has 2 rings (SSSR count). The van der Waals surface area contributed by atoms with Crippen LogP contribution in [0, 0.1) is 5.41 Å². The molecule has 1 amide bonds. The molecule has 2 fully saturated rings. The van der Waals surface area contributed by atoms with Crippen LogP contribution in [0.15, 0.2) is 0 Å². The van der Waals surface area contributed by atoms with Gasteiger partial charge in [0.1, 0.15) is 0 Å². The third-order valence-electron chi connectivity index (χ3n) is 5.25. The number of piperidine rings is 1. The largest absolute Gasteiger partial charge is 0.391 e. The second kappa shape index (κ2) is 6.90. The van der Waals surface area contributed by atoms with Gasteiger partial charge in [0.05, 0.1) is 17.6 Å². The Kier molecular flexibility index (Phi) is 5.44. The molecule has 0 radical (unpaired) electrons. The minimum Gasteiger partial charge on any atom is -0.391 e. The lowest BCUT2D eigenvalue weighted by Gasteiger charge is -2.43. The summed E-state index contributed by atoms with van der Waals surface area (Å²) in [6.07, 6.45) is 7.56. The molecule has 4 heteroatoms. The minimum absolute atomic E-state index is 0.0277. The van der Waals surface area contributed by atoms with Gasteiger partial charge in [-0.25, -0.2) is 0 Å². The van der Waals surface area contributed by atoms with E-state index in [1.807, 2.05) is 11.9 Å². The van der Waals surface area contributed by atoms with Crippen molar-refractivity contribution in [3.63, 3.8) is 0 Å². The Labute approximate surface area is 122 Å². The molecule has 1 aliphatic carbocycles. The maximum Gasteiger partial charge on any atom is 0.228 e. The van der Waals surface area contributed by atoms with Crippen molar-refractivity contribution in [3.8, 4) is 0 Å². The number of hydrogen-bond acceptors (Lipinski definition) is 3. The highest BCUT2D eigenvalue weighted by Gasteiger charge is 2.43. The SMILES string of the molecule is CCCC1(C(=O)N(C)C2CCCCC2O)CCNCC1. The number of nitrogens with zero attached hydrogens (tertiary/aromatic N) is 1. The number of aliphatic hydroxyl groups excluding tert-OH is 1. The quantitative estimate of drug-likeness (QED) is 0.828. The molecule has 2 aliphatic rings. The summed E-state index contributed by atoms with van der Waals surface area (Å²) in [4.78, 5) is 14.9.